The topological polar surface area (TPSA) is 95.9 Å². The van der Waals surface area contributed by atoms with E-state index in [1.54, 1.807) is 6.08 Å². The lowest BCUT2D eigenvalue weighted by Gasteiger charge is -2.20. The van der Waals surface area contributed by atoms with Crippen molar-refractivity contribution in [2.24, 2.45) is 0 Å². The van der Waals surface area contributed by atoms with Gasteiger partial charge in [-0.3, -0.25) is 9.59 Å². The third-order valence-corrected chi connectivity index (χ3v) is 13.3. The van der Waals surface area contributed by atoms with Gasteiger partial charge < -0.3 is 20.3 Å². The van der Waals surface area contributed by atoms with Crippen LogP contribution in [0.25, 0.3) is 0 Å². The van der Waals surface area contributed by atoms with Crippen LogP contribution in [0.1, 0.15) is 303 Å². The van der Waals surface area contributed by atoms with Crippen molar-refractivity contribution in [3.8, 4) is 0 Å². The molecule has 0 aliphatic heterocycles. The van der Waals surface area contributed by atoms with Crippen molar-refractivity contribution >= 4 is 11.9 Å². The molecule has 0 heterocycles. The number of nitrogens with one attached hydrogen (secondary N) is 1. The van der Waals surface area contributed by atoms with E-state index >= 15 is 0 Å². The highest BCUT2D eigenvalue weighted by Crippen LogP contribution is 2.16. The van der Waals surface area contributed by atoms with Gasteiger partial charge >= 0.3 is 5.97 Å². The van der Waals surface area contributed by atoms with E-state index in [9.17, 15) is 19.8 Å². The number of allylic oxidation sites excluding steroid dienone is 7. The van der Waals surface area contributed by atoms with Crippen LogP contribution < -0.4 is 5.32 Å². The molecule has 2 unspecified atom stereocenters. The summed E-state index contributed by atoms with van der Waals surface area (Å²) in [5.41, 5.74) is 0. The first-order valence-electron chi connectivity index (χ1n) is 29.4. The van der Waals surface area contributed by atoms with Crippen molar-refractivity contribution in [1.82, 2.24) is 5.32 Å². The number of carbonyl (C=O) groups excluding carboxylic acids is 2. The van der Waals surface area contributed by atoms with Crippen molar-refractivity contribution in [2.75, 3.05) is 13.2 Å². The predicted octanol–water partition coefficient (Wildman–Crippen LogP) is 18.2. The summed E-state index contributed by atoms with van der Waals surface area (Å²) in [4.78, 5) is 24.5. The Kier molecular flexibility index (Phi) is 54.6. The van der Waals surface area contributed by atoms with E-state index in [1.165, 1.54) is 193 Å². The highest BCUT2D eigenvalue weighted by atomic mass is 16.5. The summed E-state index contributed by atoms with van der Waals surface area (Å²) in [6.07, 6.45) is 71.3. The van der Waals surface area contributed by atoms with E-state index in [0.29, 0.717) is 19.4 Å². The molecule has 0 spiro atoms. The van der Waals surface area contributed by atoms with Gasteiger partial charge in [0.2, 0.25) is 5.91 Å². The van der Waals surface area contributed by atoms with Gasteiger partial charge in [-0.05, 0) is 96.3 Å². The lowest BCUT2D eigenvalue weighted by Crippen LogP contribution is -2.45. The van der Waals surface area contributed by atoms with Gasteiger partial charge in [0.1, 0.15) is 0 Å². The molecule has 6 nitrogen and oxygen atoms in total. The molecular formula is C61H113NO5. The zero-order valence-corrected chi connectivity index (χ0v) is 44.6. The summed E-state index contributed by atoms with van der Waals surface area (Å²) >= 11 is 0. The van der Waals surface area contributed by atoms with Gasteiger partial charge in [-0.1, -0.05) is 242 Å². The van der Waals surface area contributed by atoms with Crippen molar-refractivity contribution in [3.05, 3.63) is 48.6 Å². The molecule has 0 aliphatic carbocycles. The summed E-state index contributed by atoms with van der Waals surface area (Å²) in [7, 11) is 0. The van der Waals surface area contributed by atoms with Gasteiger partial charge in [-0.15, -0.1) is 0 Å². The average Bonchev–Trinajstić information content (AvgIpc) is 3.33. The smallest absolute Gasteiger partial charge is 0.305 e. The maximum absolute atomic E-state index is 12.5. The van der Waals surface area contributed by atoms with Crippen LogP contribution >= 0.6 is 0 Å². The van der Waals surface area contributed by atoms with Crippen LogP contribution in [0.15, 0.2) is 48.6 Å². The van der Waals surface area contributed by atoms with Crippen LogP contribution in [0.2, 0.25) is 0 Å². The Morgan fingerprint density at radius 2 is 0.746 bits per heavy atom. The number of unbranched alkanes of at least 4 members (excludes halogenated alkanes) is 37. The molecule has 0 aliphatic rings. The first kappa shape index (κ1) is 64.8. The molecule has 3 N–H and O–H groups in total. The number of ether oxygens (including phenoxy) is 1. The highest BCUT2D eigenvalue weighted by molar-refractivity contribution is 5.76. The third kappa shape index (κ3) is 53.0. The van der Waals surface area contributed by atoms with E-state index in [0.717, 1.165) is 83.5 Å². The number of aliphatic hydroxyl groups excluding tert-OH is 2. The Morgan fingerprint density at radius 3 is 1.15 bits per heavy atom. The van der Waals surface area contributed by atoms with Crippen LogP contribution in [-0.4, -0.2) is 47.4 Å². The zero-order chi connectivity index (χ0) is 48.6. The molecule has 0 bridgehead atoms. The van der Waals surface area contributed by atoms with Gasteiger partial charge in [0.25, 0.3) is 0 Å². The molecule has 6 heteroatoms. The van der Waals surface area contributed by atoms with Gasteiger partial charge in [-0.2, -0.15) is 0 Å². The standard InChI is InChI=1S/C61H113NO5/c1-3-5-7-9-11-13-15-17-19-22-27-31-35-39-43-47-51-55-61(66)67-56-52-48-44-40-36-32-28-24-21-23-26-30-34-38-42-46-50-54-60(65)62-58(57-63)59(64)53-49-45-41-37-33-29-25-20-18-16-14-12-10-8-6-4-2/h17,19,21,24,32,36,49,53,58-59,63-64H,3-16,18,20,22-23,25-31,33-35,37-48,50-52,54-57H2,1-2H3,(H,62,65)/b19-17-,24-21-,36-32-,53-49+. The van der Waals surface area contributed by atoms with E-state index in [-0.39, 0.29) is 18.5 Å². The highest BCUT2D eigenvalue weighted by Gasteiger charge is 2.18. The quantitative estimate of drug-likeness (QED) is 0.0321. The fraction of sp³-hybridized carbons (Fsp3) is 0.836. The molecule has 0 rings (SSSR count). The minimum atomic E-state index is -0.856. The Labute approximate surface area is 416 Å². The molecule has 67 heavy (non-hydrogen) atoms. The predicted molar refractivity (Wildman–Crippen MR) is 292 cm³/mol. The van der Waals surface area contributed by atoms with E-state index < -0.39 is 12.1 Å². The normalized spacial score (nSPS) is 13.0. The van der Waals surface area contributed by atoms with E-state index in [4.69, 9.17) is 4.74 Å². The first-order valence-corrected chi connectivity index (χ1v) is 29.4. The maximum Gasteiger partial charge on any atom is 0.305 e. The monoisotopic (exact) mass is 940 g/mol. The van der Waals surface area contributed by atoms with E-state index in [2.05, 4.69) is 55.6 Å². The molecule has 0 aromatic rings. The van der Waals surface area contributed by atoms with Crippen LogP contribution in [0.3, 0.4) is 0 Å². The van der Waals surface area contributed by atoms with Gasteiger partial charge in [0.05, 0.1) is 25.4 Å². The molecule has 0 saturated carbocycles. The largest absolute Gasteiger partial charge is 0.466 e. The number of amides is 1. The summed E-state index contributed by atoms with van der Waals surface area (Å²) in [5.74, 6) is -0.104. The Morgan fingerprint density at radius 1 is 0.418 bits per heavy atom. The van der Waals surface area contributed by atoms with Crippen molar-refractivity contribution in [3.63, 3.8) is 0 Å². The Balaban J connectivity index is 3.52. The lowest BCUT2D eigenvalue weighted by atomic mass is 10.0. The van der Waals surface area contributed by atoms with Gasteiger partial charge in [0, 0.05) is 12.8 Å². The molecule has 1 amide bonds. The van der Waals surface area contributed by atoms with Crippen molar-refractivity contribution < 1.29 is 24.5 Å². The summed E-state index contributed by atoms with van der Waals surface area (Å²) < 4.78 is 5.46. The second-order valence-electron chi connectivity index (χ2n) is 20.0. The molecule has 392 valence electrons. The number of rotatable bonds is 54. The Bertz CT molecular complexity index is 1130. The zero-order valence-electron chi connectivity index (χ0n) is 44.6. The number of hydrogen-bond acceptors (Lipinski definition) is 5. The number of hydrogen-bond donors (Lipinski definition) is 3. The molecule has 2 atom stereocenters. The van der Waals surface area contributed by atoms with Crippen molar-refractivity contribution in [2.45, 2.75) is 315 Å². The van der Waals surface area contributed by atoms with E-state index in [1.807, 2.05) is 6.08 Å². The minimum absolute atomic E-state index is 0.0201. The van der Waals surface area contributed by atoms with Crippen LogP contribution in [-0.2, 0) is 14.3 Å². The van der Waals surface area contributed by atoms with Crippen LogP contribution in [0.5, 0.6) is 0 Å². The summed E-state index contributed by atoms with van der Waals surface area (Å²) in [6.45, 7) is 4.86. The minimum Gasteiger partial charge on any atom is -0.466 e. The molecule has 0 radical (unpaired) electrons. The average molecular weight is 941 g/mol. The summed E-state index contributed by atoms with van der Waals surface area (Å²) in [5, 5.41) is 23.1. The molecular weight excluding hydrogens is 827 g/mol. The molecule has 0 saturated heterocycles. The number of carbonyl (C=O) groups is 2. The van der Waals surface area contributed by atoms with Crippen LogP contribution in [0.4, 0.5) is 0 Å². The third-order valence-electron chi connectivity index (χ3n) is 13.3. The first-order chi connectivity index (χ1) is 33.0. The fourth-order valence-electron chi connectivity index (χ4n) is 8.78. The van der Waals surface area contributed by atoms with Crippen LogP contribution in [0, 0.1) is 0 Å². The fourth-order valence-corrected chi connectivity index (χ4v) is 8.78. The Hall–Kier alpha value is -2.18. The number of esters is 1. The van der Waals surface area contributed by atoms with Crippen molar-refractivity contribution in [1.29, 1.82) is 0 Å². The molecule has 0 aromatic carbocycles. The second kappa shape index (κ2) is 56.4. The molecule has 0 aromatic heterocycles. The number of aliphatic hydroxyl groups is 2. The van der Waals surface area contributed by atoms with Gasteiger partial charge in [0.15, 0.2) is 0 Å². The molecule has 0 fully saturated rings. The SMILES string of the molecule is CCCCCCCC/C=C\CCCCCCCCCC(=O)OCCCCC/C=C\C/C=C\CCCCCCCCCC(=O)NC(CO)C(O)/C=C/CCCCCCCCCCCCCCCC. The maximum atomic E-state index is 12.5. The van der Waals surface area contributed by atoms with Gasteiger partial charge in [-0.25, -0.2) is 0 Å². The second-order valence-corrected chi connectivity index (χ2v) is 20.0. The summed E-state index contributed by atoms with van der Waals surface area (Å²) in [6, 6.07) is -0.641. The lowest BCUT2D eigenvalue weighted by molar-refractivity contribution is -0.143.